The smallest absolute Gasteiger partial charge is 0.410 e. The van der Waals surface area contributed by atoms with Crippen molar-refractivity contribution in [1.29, 1.82) is 0 Å². The van der Waals surface area contributed by atoms with Gasteiger partial charge < -0.3 is 15.4 Å². The number of hydrogen-bond acceptors (Lipinski definition) is 5. The minimum atomic E-state index is -0.588. The molecule has 1 atom stereocenters. The Hall–Kier alpha value is -3.09. The molecule has 2 N–H and O–H groups in total. The second-order valence-corrected chi connectivity index (χ2v) is 8.84. The number of nitrogens with two attached hydrogens (primary N) is 1. The number of carbonyl (C=O) groups excluding carboxylic acids is 2. The first-order valence-corrected chi connectivity index (χ1v) is 10.4. The van der Waals surface area contributed by atoms with E-state index in [4.69, 9.17) is 10.5 Å². The van der Waals surface area contributed by atoms with Crippen LogP contribution in [-0.4, -0.2) is 46.6 Å². The van der Waals surface area contributed by atoms with Crippen LogP contribution in [-0.2, 0) is 16.0 Å². The van der Waals surface area contributed by atoms with Gasteiger partial charge in [-0.3, -0.25) is 9.69 Å². The maximum atomic E-state index is 13.4. The number of amides is 2. The molecule has 2 aliphatic heterocycles. The predicted octanol–water partition coefficient (Wildman–Crippen LogP) is 3.62. The molecule has 1 aromatic heterocycles. The van der Waals surface area contributed by atoms with Gasteiger partial charge in [-0.25, -0.2) is 9.78 Å². The van der Waals surface area contributed by atoms with Crippen molar-refractivity contribution in [2.75, 3.05) is 23.7 Å². The molecule has 0 aliphatic carbocycles. The Morgan fingerprint density at radius 3 is 2.73 bits per heavy atom. The Kier molecular flexibility index (Phi) is 5.13. The lowest BCUT2D eigenvalue weighted by atomic mass is 9.98. The molecule has 1 aromatic carbocycles. The number of nitrogen functional groups attached to an aromatic ring is 1. The molecule has 0 saturated carbocycles. The summed E-state index contributed by atoms with van der Waals surface area (Å²) in [5.74, 6) is 0.429. The normalized spacial score (nSPS) is 18.4. The Labute approximate surface area is 176 Å². The van der Waals surface area contributed by atoms with Crippen molar-refractivity contribution in [3.63, 3.8) is 0 Å². The van der Waals surface area contributed by atoms with Gasteiger partial charge >= 0.3 is 6.09 Å². The summed E-state index contributed by atoms with van der Waals surface area (Å²) in [4.78, 5) is 33.5. The summed E-state index contributed by atoms with van der Waals surface area (Å²) < 4.78 is 5.52. The monoisotopic (exact) mass is 408 g/mol. The molecule has 2 aliphatic rings. The van der Waals surface area contributed by atoms with E-state index in [9.17, 15) is 9.59 Å². The number of likely N-dealkylation sites (tertiary alicyclic amines) is 1. The van der Waals surface area contributed by atoms with Gasteiger partial charge in [0.05, 0.1) is 0 Å². The van der Waals surface area contributed by atoms with Crippen molar-refractivity contribution >= 4 is 23.5 Å². The van der Waals surface area contributed by atoms with Gasteiger partial charge in [-0.2, -0.15) is 0 Å². The summed E-state index contributed by atoms with van der Waals surface area (Å²) in [5.41, 5.74) is 9.36. The number of aromatic nitrogens is 1. The number of hydrogen-bond donors (Lipinski definition) is 1. The second-order valence-electron chi connectivity index (χ2n) is 8.84. The molecule has 30 heavy (non-hydrogen) atoms. The third-order valence-electron chi connectivity index (χ3n) is 5.55. The molecule has 2 amide bonds. The van der Waals surface area contributed by atoms with E-state index in [2.05, 4.69) is 4.98 Å². The number of carbonyl (C=O) groups is 2. The minimum absolute atomic E-state index is 0.0384. The van der Waals surface area contributed by atoms with E-state index >= 15 is 0 Å². The second kappa shape index (κ2) is 7.63. The van der Waals surface area contributed by atoms with E-state index in [0.717, 1.165) is 35.2 Å². The first kappa shape index (κ1) is 20.2. The van der Waals surface area contributed by atoms with Gasteiger partial charge in [0.1, 0.15) is 17.5 Å². The van der Waals surface area contributed by atoms with Crippen LogP contribution in [0.1, 0.15) is 39.2 Å². The number of fused-ring (bicyclic) bond motifs is 1. The van der Waals surface area contributed by atoms with Crippen LogP contribution < -0.4 is 10.6 Å². The van der Waals surface area contributed by atoms with Crippen LogP contribution in [0.2, 0.25) is 0 Å². The molecule has 7 heteroatoms. The Bertz CT molecular complexity index is 983. The van der Waals surface area contributed by atoms with Crippen LogP contribution in [0.15, 0.2) is 36.5 Å². The van der Waals surface area contributed by atoms with Gasteiger partial charge in [0, 0.05) is 25.0 Å². The minimum Gasteiger partial charge on any atom is -0.444 e. The molecule has 7 nitrogen and oxygen atoms in total. The zero-order valence-corrected chi connectivity index (χ0v) is 17.7. The van der Waals surface area contributed by atoms with Crippen LogP contribution in [0, 0.1) is 0 Å². The van der Waals surface area contributed by atoms with Crippen LogP contribution in [0.3, 0.4) is 0 Å². The topological polar surface area (TPSA) is 88.8 Å². The predicted molar refractivity (Wildman–Crippen MR) is 116 cm³/mol. The van der Waals surface area contributed by atoms with Gasteiger partial charge in [0.2, 0.25) is 5.91 Å². The molecule has 4 rings (SSSR count). The van der Waals surface area contributed by atoms with Crippen molar-refractivity contribution in [2.24, 2.45) is 0 Å². The van der Waals surface area contributed by atoms with Gasteiger partial charge in [-0.05, 0) is 74.9 Å². The molecule has 1 saturated heterocycles. The van der Waals surface area contributed by atoms with Crippen LogP contribution >= 0.6 is 0 Å². The Balaban J connectivity index is 1.59. The number of pyridine rings is 1. The van der Waals surface area contributed by atoms with Crippen LogP contribution in [0.4, 0.5) is 16.3 Å². The quantitative estimate of drug-likeness (QED) is 0.820. The van der Waals surface area contributed by atoms with Crippen molar-refractivity contribution in [2.45, 2.75) is 51.7 Å². The molecule has 3 heterocycles. The zero-order valence-electron chi connectivity index (χ0n) is 17.7. The number of nitrogens with zero attached hydrogens (tertiary/aromatic N) is 3. The maximum Gasteiger partial charge on any atom is 0.410 e. The van der Waals surface area contributed by atoms with E-state index < -0.39 is 17.7 Å². The largest absolute Gasteiger partial charge is 0.444 e. The average molecular weight is 409 g/mol. The molecule has 158 valence electrons. The van der Waals surface area contributed by atoms with Gasteiger partial charge in [0.15, 0.2) is 0 Å². The highest BCUT2D eigenvalue weighted by Crippen LogP contribution is 2.37. The van der Waals surface area contributed by atoms with Gasteiger partial charge in [0.25, 0.3) is 0 Å². The van der Waals surface area contributed by atoms with Gasteiger partial charge in [-0.15, -0.1) is 0 Å². The molecule has 2 aromatic rings. The lowest BCUT2D eigenvalue weighted by molar-refractivity contribution is -0.122. The first-order chi connectivity index (χ1) is 14.2. The average Bonchev–Trinajstić information content (AvgIpc) is 3.33. The highest BCUT2D eigenvalue weighted by molar-refractivity contribution is 6.01. The van der Waals surface area contributed by atoms with Crippen molar-refractivity contribution in [1.82, 2.24) is 9.88 Å². The SMILES string of the molecule is CC(C)(C)OC(=O)N1CCCC1C(=O)N1CCc2c(-c3ccnc(N)c3)cccc21. The Morgan fingerprint density at radius 1 is 1.20 bits per heavy atom. The lowest BCUT2D eigenvalue weighted by Crippen LogP contribution is -2.48. The van der Waals surface area contributed by atoms with Crippen molar-refractivity contribution in [3.05, 3.63) is 42.1 Å². The molecule has 1 fully saturated rings. The fourth-order valence-electron chi connectivity index (χ4n) is 4.29. The number of rotatable bonds is 2. The summed E-state index contributed by atoms with van der Waals surface area (Å²) >= 11 is 0. The van der Waals surface area contributed by atoms with Crippen LogP contribution in [0.5, 0.6) is 0 Å². The molecule has 0 bridgehead atoms. The summed E-state index contributed by atoms with van der Waals surface area (Å²) in [5, 5.41) is 0. The highest BCUT2D eigenvalue weighted by atomic mass is 16.6. The molecular formula is C23H28N4O3. The van der Waals surface area contributed by atoms with E-state index in [0.29, 0.717) is 25.3 Å². The first-order valence-electron chi connectivity index (χ1n) is 10.4. The zero-order chi connectivity index (χ0) is 21.5. The van der Waals surface area contributed by atoms with E-state index in [1.165, 1.54) is 0 Å². The molecule has 0 radical (unpaired) electrons. The van der Waals surface area contributed by atoms with E-state index in [1.807, 2.05) is 56.0 Å². The molecule has 1 unspecified atom stereocenters. The summed E-state index contributed by atoms with van der Waals surface area (Å²) in [7, 11) is 0. The summed E-state index contributed by atoms with van der Waals surface area (Å²) in [6.45, 7) is 6.65. The third kappa shape index (κ3) is 3.84. The third-order valence-corrected chi connectivity index (χ3v) is 5.55. The van der Waals surface area contributed by atoms with E-state index in [1.54, 1.807) is 11.1 Å². The number of anilines is 2. The van der Waals surface area contributed by atoms with Crippen molar-refractivity contribution < 1.29 is 14.3 Å². The summed E-state index contributed by atoms with van der Waals surface area (Å²) in [6, 6.07) is 9.27. The fraction of sp³-hybridized carbons (Fsp3) is 0.435. The highest BCUT2D eigenvalue weighted by Gasteiger charge is 2.40. The van der Waals surface area contributed by atoms with E-state index in [-0.39, 0.29) is 5.91 Å². The van der Waals surface area contributed by atoms with Crippen LogP contribution in [0.25, 0.3) is 11.1 Å². The standard InChI is InChI=1S/C23H28N4O3/c1-23(2,3)30-22(29)27-12-5-8-19(27)21(28)26-13-10-17-16(6-4-7-18(17)26)15-9-11-25-20(24)14-15/h4,6-7,9,11,14,19H,5,8,10,12-13H2,1-3H3,(H2,24,25). The maximum absolute atomic E-state index is 13.4. The molecular weight excluding hydrogens is 380 g/mol. The van der Waals surface area contributed by atoms with Crippen molar-refractivity contribution in [3.8, 4) is 11.1 Å². The lowest BCUT2D eigenvalue weighted by Gasteiger charge is -2.30. The number of benzene rings is 1. The fourth-order valence-corrected chi connectivity index (χ4v) is 4.29. The van der Waals surface area contributed by atoms with Gasteiger partial charge in [-0.1, -0.05) is 12.1 Å². The molecule has 0 spiro atoms. The summed E-state index contributed by atoms with van der Waals surface area (Å²) in [6.07, 6.45) is 3.49. The number of ether oxygens (including phenoxy) is 1. The Morgan fingerprint density at radius 2 is 2.00 bits per heavy atom.